The quantitative estimate of drug-likeness (QED) is 0.743. The first-order valence-corrected chi connectivity index (χ1v) is 8.41. The van der Waals surface area contributed by atoms with Crippen molar-refractivity contribution in [3.8, 4) is 5.88 Å². The number of nitrogens with one attached hydrogen (secondary N) is 1. The molecule has 3 aromatic rings. The second kappa shape index (κ2) is 6.16. The molecule has 1 amide bonds. The molecule has 1 aliphatic rings. The molecule has 1 fully saturated rings. The van der Waals surface area contributed by atoms with E-state index in [1.165, 1.54) is 0 Å². The maximum absolute atomic E-state index is 12.7. The summed E-state index contributed by atoms with van der Waals surface area (Å²) in [6.45, 7) is 2.71. The number of hydrogen-bond donors (Lipinski definition) is 1. The van der Waals surface area contributed by atoms with Crippen LogP contribution in [0, 0.1) is 0 Å². The van der Waals surface area contributed by atoms with E-state index in [0.29, 0.717) is 24.0 Å². The number of carbonyl (C=O) groups excluding carboxylic acids is 1. The van der Waals surface area contributed by atoms with Crippen molar-refractivity contribution in [3.63, 3.8) is 0 Å². The van der Waals surface area contributed by atoms with Crippen LogP contribution in [-0.2, 0) is 16.8 Å². The number of benzene rings is 1. The van der Waals surface area contributed by atoms with Crippen LogP contribution in [0.3, 0.4) is 0 Å². The van der Waals surface area contributed by atoms with E-state index in [2.05, 4.69) is 20.6 Å². The molecule has 4 rings (SSSR count). The summed E-state index contributed by atoms with van der Waals surface area (Å²) in [4.78, 5) is 12.7. The Hall–Kier alpha value is -2.96. The molecule has 2 aromatic heterocycles. The van der Waals surface area contributed by atoms with Crippen molar-refractivity contribution in [1.82, 2.24) is 25.1 Å². The van der Waals surface area contributed by atoms with Gasteiger partial charge in [0.1, 0.15) is 0 Å². The summed E-state index contributed by atoms with van der Waals surface area (Å²) in [6, 6.07) is 13.5. The number of fused-ring (bicyclic) bond motifs is 1. The van der Waals surface area contributed by atoms with Crippen LogP contribution in [0.5, 0.6) is 5.88 Å². The largest absolute Gasteiger partial charge is 0.477 e. The Morgan fingerprint density at radius 1 is 1.20 bits per heavy atom. The van der Waals surface area contributed by atoms with Gasteiger partial charge in [-0.1, -0.05) is 30.3 Å². The van der Waals surface area contributed by atoms with Gasteiger partial charge in [0.2, 0.25) is 11.8 Å². The minimum absolute atomic E-state index is 0.0245. The van der Waals surface area contributed by atoms with Crippen molar-refractivity contribution in [2.75, 3.05) is 6.61 Å². The maximum Gasteiger partial charge on any atom is 0.231 e. The number of hydrogen-bond acceptors (Lipinski definition) is 5. The van der Waals surface area contributed by atoms with Crippen LogP contribution in [0.1, 0.15) is 31.2 Å². The zero-order chi connectivity index (χ0) is 17.3. The zero-order valence-corrected chi connectivity index (χ0v) is 14.0. The smallest absolute Gasteiger partial charge is 0.231 e. The Morgan fingerprint density at radius 2 is 2.00 bits per heavy atom. The molecule has 0 saturated heterocycles. The third kappa shape index (κ3) is 2.82. The third-order valence-electron chi connectivity index (χ3n) is 4.51. The zero-order valence-electron chi connectivity index (χ0n) is 14.0. The predicted molar refractivity (Wildman–Crippen MR) is 91.2 cm³/mol. The van der Waals surface area contributed by atoms with Gasteiger partial charge in [0.25, 0.3) is 0 Å². The predicted octanol–water partition coefficient (Wildman–Crippen LogP) is 1.87. The van der Waals surface area contributed by atoms with Crippen LogP contribution >= 0.6 is 0 Å². The van der Waals surface area contributed by atoms with Gasteiger partial charge >= 0.3 is 0 Å². The molecule has 1 aliphatic carbocycles. The summed E-state index contributed by atoms with van der Waals surface area (Å²) in [7, 11) is 0. The van der Waals surface area contributed by atoms with E-state index in [4.69, 9.17) is 4.74 Å². The summed E-state index contributed by atoms with van der Waals surface area (Å²) < 4.78 is 7.02. The summed E-state index contributed by atoms with van der Waals surface area (Å²) in [5.41, 5.74) is 1.29. The number of rotatable bonds is 6. The van der Waals surface area contributed by atoms with E-state index in [-0.39, 0.29) is 12.5 Å². The van der Waals surface area contributed by atoms with E-state index in [1.807, 2.05) is 37.3 Å². The van der Waals surface area contributed by atoms with Crippen LogP contribution in [0.4, 0.5) is 0 Å². The lowest BCUT2D eigenvalue weighted by molar-refractivity contribution is -0.123. The van der Waals surface area contributed by atoms with Gasteiger partial charge in [-0.2, -0.15) is 4.52 Å². The Kier molecular flexibility index (Phi) is 3.83. The van der Waals surface area contributed by atoms with Crippen LogP contribution in [-0.4, -0.2) is 32.3 Å². The lowest BCUT2D eigenvalue weighted by atomic mass is 9.95. The van der Waals surface area contributed by atoms with Crippen LogP contribution in [0.2, 0.25) is 0 Å². The molecule has 0 aliphatic heterocycles. The average Bonchev–Trinajstić information content (AvgIpc) is 3.37. The van der Waals surface area contributed by atoms with Crippen LogP contribution in [0.15, 0.2) is 42.5 Å². The van der Waals surface area contributed by atoms with Gasteiger partial charge < -0.3 is 10.1 Å². The molecule has 1 saturated carbocycles. The van der Waals surface area contributed by atoms with E-state index in [0.717, 1.165) is 18.4 Å². The van der Waals surface area contributed by atoms with Crippen molar-refractivity contribution < 1.29 is 9.53 Å². The Bertz CT molecular complexity index is 902. The van der Waals surface area contributed by atoms with Crippen molar-refractivity contribution in [2.24, 2.45) is 0 Å². The average molecular weight is 337 g/mol. The summed E-state index contributed by atoms with van der Waals surface area (Å²) in [6.07, 6.45) is 1.74. The maximum atomic E-state index is 12.7. The molecule has 0 unspecified atom stereocenters. The van der Waals surface area contributed by atoms with Crippen LogP contribution < -0.4 is 10.1 Å². The lowest BCUT2D eigenvalue weighted by Crippen LogP contribution is -2.34. The highest BCUT2D eigenvalue weighted by atomic mass is 16.5. The van der Waals surface area contributed by atoms with E-state index in [9.17, 15) is 4.79 Å². The standard InChI is InChI=1S/C18H19N5O2/c1-2-25-16-9-8-14-20-21-15(23(14)22-16)12-19-17(24)18(10-11-18)13-6-4-3-5-7-13/h3-9H,2,10-12H2,1H3,(H,19,24). The van der Waals surface area contributed by atoms with Crippen molar-refractivity contribution in [2.45, 2.75) is 31.7 Å². The van der Waals surface area contributed by atoms with E-state index in [1.54, 1.807) is 16.6 Å². The van der Waals surface area contributed by atoms with Gasteiger partial charge in [-0.3, -0.25) is 4.79 Å². The fraction of sp³-hybridized carbons (Fsp3) is 0.333. The molecule has 0 atom stereocenters. The van der Waals surface area contributed by atoms with Gasteiger partial charge in [0.15, 0.2) is 11.5 Å². The highest BCUT2D eigenvalue weighted by molar-refractivity contribution is 5.91. The Labute approximate surface area is 145 Å². The molecule has 1 aromatic carbocycles. The molecule has 25 heavy (non-hydrogen) atoms. The Morgan fingerprint density at radius 3 is 2.72 bits per heavy atom. The van der Waals surface area contributed by atoms with Gasteiger partial charge in [-0.05, 0) is 31.4 Å². The molecule has 1 N–H and O–H groups in total. The summed E-state index contributed by atoms with van der Waals surface area (Å²) >= 11 is 0. The Balaban J connectivity index is 1.51. The third-order valence-corrected chi connectivity index (χ3v) is 4.51. The van der Waals surface area contributed by atoms with Crippen molar-refractivity contribution >= 4 is 11.6 Å². The monoisotopic (exact) mass is 337 g/mol. The molecular weight excluding hydrogens is 318 g/mol. The second-order valence-electron chi connectivity index (χ2n) is 6.12. The molecule has 0 bridgehead atoms. The number of nitrogens with zero attached hydrogens (tertiary/aromatic N) is 4. The minimum Gasteiger partial charge on any atom is -0.477 e. The van der Waals surface area contributed by atoms with Gasteiger partial charge in [0.05, 0.1) is 18.6 Å². The first-order valence-electron chi connectivity index (χ1n) is 8.41. The minimum atomic E-state index is -0.397. The fourth-order valence-electron chi connectivity index (χ4n) is 3.01. The van der Waals surface area contributed by atoms with Gasteiger partial charge in [0, 0.05) is 6.07 Å². The van der Waals surface area contributed by atoms with Crippen LogP contribution in [0.25, 0.3) is 5.65 Å². The molecule has 128 valence electrons. The van der Waals surface area contributed by atoms with E-state index >= 15 is 0 Å². The van der Waals surface area contributed by atoms with Gasteiger partial charge in [-0.15, -0.1) is 15.3 Å². The van der Waals surface area contributed by atoms with Gasteiger partial charge in [-0.25, -0.2) is 0 Å². The molecule has 2 heterocycles. The number of ether oxygens (including phenoxy) is 1. The topological polar surface area (TPSA) is 81.4 Å². The molecule has 0 spiro atoms. The fourth-order valence-corrected chi connectivity index (χ4v) is 3.01. The highest BCUT2D eigenvalue weighted by Gasteiger charge is 2.51. The SMILES string of the molecule is CCOc1ccc2nnc(CNC(=O)C3(c4ccccc4)CC3)n2n1. The summed E-state index contributed by atoms with van der Waals surface area (Å²) in [5, 5.41) is 15.5. The molecule has 0 radical (unpaired) electrons. The number of amides is 1. The first-order chi connectivity index (χ1) is 12.2. The summed E-state index contributed by atoms with van der Waals surface area (Å²) in [5.74, 6) is 1.11. The van der Waals surface area contributed by atoms with Crippen molar-refractivity contribution in [3.05, 3.63) is 53.9 Å². The second-order valence-corrected chi connectivity index (χ2v) is 6.12. The lowest BCUT2D eigenvalue weighted by Gasteiger charge is -2.15. The normalized spacial score (nSPS) is 15.1. The number of carbonyl (C=O) groups is 1. The van der Waals surface area contributed by atoms with E-state index < -0.39 is 5.41 Å². The number of aromatic nitrogens is 4. The first kappa shape index (κ1) is 15.6. The molecule has 7 heteroatoms. The highest BCUT2D eigenvalue weighted by Crippen LogP contribution is 2.48. The molecule has 7 nitrogen and oxygen atoms in total. The molecular formula is C18H19N5O2. The van der Waals surface area contributed by atoms with Crippen molar-refractivity contribution in [1.29, 1.82) is 0 Å².